The summed E-state index contributed by atoms with van der Waals surface area (Å²) in [6.07, 6.45) is 1.72. The van der Waals surface area contributed by atoms with Crippen LogP contribution in [0.1, 0.15) is 30.9 Å². The van der Waals surface area contributed by atoms with E-state index in [1.807, 2.05) is 13.0 Å². The van der Waals surface area contributed by atoms with Gasteiger partial charge in [-0.15, -0.1) is 0 Å². The van der Waals surface area contributed by atoms with Crippen LogP contribution in [0.5, 0.6) is 5.75 Å². The molecule has 2 aromatic carbocycles. The maximum Gasteiger partial charge on any atom is 0.260 e. The highest BCUT2D eigenvalue weighted by Crippen LogP contribution is 2.34. The Hall–Kier alpha value is -2.62. The Bertz CT molecular complexity index is 935. The van der Waals surface area contributed by atoms with Crippen LogP contribution in [0.25, 0.3) is 0 Å². The molecule has 0 aromatic heterocycles. The Morgan fingerprint density at radius 3 is 2.61 bits per heavy atom. The van der Waals surface area contributed by atoms with Gasteiger partial charge in [0, 0.05) is 30.2 Å². The lowest BCUT2D eigenvalue weighted by atomic mass is 9.75. The molecule has 5 nitrogen and oxygen atoms in total. The van der Waals surface area contributed by atoms with Crippen molar-refractivity contribution in [3.8, 4) is 11.8 Å². The average Bonchev–Trinajstić information content (AvgIpc) is 2.79. The van der Waals surface area contributed by atoms with Gasteiger partial charge in [-0.3, -0.25) is 4.79 Å². The lowest BCUT2D eigenvalue weighted by molar-refractivity contribution is -0.135. The third-order valence-electron chi connectivity index (χ3n) is 5.71. The first-order valence-electron chi connectivity index (χ1n) is 10.5. The summed E-state index contributed by atoms with van der Waals surface area (Å²) in [5.74, 6) is 0.251. The van der Waals surface area contributed by atoms with Crippen molar-refractivity contribution in [2.75, 3.05) is 26.2 Å². The summed E-state index contributed by atoms with van der Waals surface area (Å²) in [6, 6.07) is 14.1. The van der Waals surface area contributed by atoms with E-state index in [0.29, 0.717) is 49.7 Å². The highest BCUT2D eigenvalue weighted by molar-refractivity contribution is 6.30. The predicted octanol–water partition coefficient (Wildman–Crippen LogP) is 4.34. The van der Waals surface area contributed by atoms with Crippen LogP contribution in [0, 0.1) is 22.6 Å². The van der Waals surface area contributed by atoms with Crippen molar-refractivity contribution in [1.29, 1.82) is 5.26 Å². The van der Waals surface area contributed by atoms with Crippen LogP contribution in [0.4, 0.5) is 4.39 Å². The molecular formula is C24H27ClFN3O2. The van der Waals surface area contributed by atoms with Gasteiger partial charge in [0.2, 0.25) is 0 Å². The second-order valence-electron chi connectivity index (χ2n) is 7.90. The van der Waals surface area contributed by atoms with E-state index in [1.165, 1.54) is 12.1 Å². The zero-order valence-corrected chi connectivity index (χ0v) is 18.4. The molecule has 164 valence electrons. The third kappa shape index (κ3) is 6.19. The van der Waals surface area contributed by atoms with Gasteiger partial charge >= 0.3 is 0 Å². The maximum atomic E-state index is 13.2. The van der Waals surface area contributed by atoms with E-state index in [9.17, 15) is 14.4 Å². The molecular weight excluding hydrogens is 417 g/mol. The summed E-state index contributed by atoms with van der Waals surface area (Å²) in [6.45, 7) is 4.39. The Morgan fingerprint density at radius 1 is 1.26 bits per heavy atom. The molecule has 1 saturated heterocycles. The molecule has 1 heterocycles. The second kappa shape index (κ2) is 10.6. The molecule has 7 heteroatoms. The summed E-state index contributed by atoms with van der Waals surface area (Å²) in [4.78, 5) is 14.4. The van der Waals surface area contributed by atoms with Gasteiger partial charge in [0.05, 0.1) is 11.5 Å². The van der Waals surface area contributed by atoms with E-state index in [4.69, 9.17) is 16.3 Å². The number of nitrogens with one attached hydrogen (secondary N) is 1. The van der Waals surface area contributed by atoms with Gasteiger partial charge in [-0.05, 0) is 61.7 Å². The van der Waals surface area contributed by atoms with Crippen molar-refractivity contribution in [3.63, 3.8) is 0 Å². The average molecular weight is 444 g/mol. The van der Waals surface area contributed by atoms with Crippen molar-refractivity contribution >= 4 is 17.5 Å². The van der Waals surface area contributed by atoms with Crippen LogP contribution < -0.4 is 10.1 Å². The van der Waals surface area contributed by atoms with Gasteiger partial charge in [0.25, 0.3) is 5.91 Å². The number of halogens is 2. The van der Waals surface area contributed by atoms with E-state index in [2.05, 4.69) is 11.4 Å². The molecule has 0 spiro atoms. The smallest absolute Gasteiger partial charge is 0.260 e. The van der Waals surface area contributed by atoms with Crippen LogP contribution in [0.3, 0.4) is 0 Å². The lowest BCUT2D eigenvalue weighted by Crippen LogP contribution is -2.45. The van der Waals surface area contributed by atoms with Crippen LogP contribution in [-0.4, -0.2) is 37.0 Å². The van der Waals surface area contributed by atoms with Crippen molar-refractivity contribution in [1.82, 2.24) is 10.2 Å². The molecule has 0 unspecified atom stereocenters. The van der Waals surface area contributed by atoms with Crippen LogP contribution in [0.15, 0.2) is 42.5 Å². The van der Waals surface area contributed by atoms with Gasteiger partial charge in [-0.1, -0.05) is 30.7 Å². The third-order valence-corrected chi connectivity index (χ3v) is 5.94. The van der Waals surface area contributed by atoms with Gasteiger partial charge < -0.3 is 15.0 Å². The Kier molecular flexibility index (Phi) is 7.89. The van der Waals surface area contributed by atoms with Crippen molar-refractivity contribution in [2.24, 2.45) is 5.41 Å². The predicted molar refractivity (Wildman–Crippen MR) is 118 cm³/mol. The zero-order valence-electron chi connectivity index (χ0n) is 17.7. The molecule has 3 rings (SSSR count). The topological polar surface area (TPSA) is 65.4 Å². The van der Waals surface area contributed by atoms with E-state index < -0.39 is 5.41 Å². The summed E-state index contributed by atoms with van der Waals surface area (Å²) < 4.78 is 19.0. The number of piperidine rings is 1. The number of nitrogens with zero attached hydrogens (tertiary/aromatic N) is 2. The van der Waals surface area contributed by atoms with Gasteiger partial charge in [-0.25, -0.2) is 4.39 Å². The van der Waals surface area contributed by atoms with E-state index in [-0.39, 0.29) is 18.3 Å². The molecule has 31 heavy (non-hydrogen) atoms. The molecule has 0 radical (unpaired) electrons. The summed E-state index contributed by atoms with van der Waals surface area (Å²) in [5, 5.41) is 13.6. The highest BCUT2D eigenvalue weighted by Gasteiger charge is 2.36. The van der Waals surface area contributed by atoms with E-state index in [0.717, 1.165) is 17.7 Å². The van der Waals surface area contributed by atoms with Gasteiger partial charge in [-0.2, -0.15) is 5.26 Å². The first kappa shape index (κ1) is 23.1. The molecule has 1 fully saturated rings. The number of hydrogen-bond acceptors (Lipinski definition) is 4. The fourth-order valence-corrected chi connectivity index (χ4v) is 4.02. The molecule has 2 aromatic rings. The molecule has 1 aliphatic heterocycles. The number of hydrogen-bond donors (Lipinski definition) is 1. The number of benzene rings is 2. The quantitative estimate of drug-likeness (QED) is 0.659. The largest absolute Gasteiger partial charge is 0.483 e. The Balaban J connectivity index is 1.55. The molecule has 0 saturated carbocycles. The SMILES string of the molecule is CCNCc1cc(Cl)ccc1OCC(=O)N1CCC(C#N)(Cc2ccc(F)cc2)CC1. The fraction of sp³-hybridized carbons (Fsp3) is 0.417. The molecule has 1 amide bonds. The number of ether oxygens (including phenoxy) is 1. The number of carbonyl (C=O) groups is 1. The number of amides is 1. The summed E-state index contributed by atoms with van der Waals surface area (Å²) in [5.41, 5.74) is 1.30. The van der Waals surface area contributed by atoms with Crippen molar-refractivity contribution < 1.29 is 13.9 Å². The van der Waals surface area contributed by atoms with Crippen LogP contribution in [0.2, 0.25) is 5.02 Å². The summed E-state index contributed by atoms with van der Waals surface area (Å²) in [7, 11) is 0. The van der Waals surface area contributed by atoms with E-state index >= 15 is 0 Å². The zero-order chi connectivity index (χ0) is 22.3. The molecule has 0 bridgehead atoms. The minimum Gasteiger partial charge on any atom is -0.483 e. The molecule has 0 atom stereocenters. The van der Waals surface area contributed by atoms with Gasteiger partial charge in [0.1, 0.15) is 11.6 Å². The summed E-state index contributed by atoms with van der Waals surface area (Å²) >= 11 is 6.08. The molecule has 0 aliphatic carbocycles. The number of carbonyl (C=O) groups excluding carboxylic acids is 1. The standard InChI is InChI=1S/C24H27ClFN3O2/c1-2-28-15-19-13-20(25)5-8-22(19)31-16-23(30)29-11-9-24(17-27,10-12-29)14-18-3-6-21(26)7-4-18/h3-8,13,28H,2,9-12,14-16H2,1H3. The van der Waals surface area contributed by atoms with E-state index in [1.54, 1.807) is 29.2 Å². The minimum absolute atomic E-state index is 0.0573. The number of likely N-dealkylation sites (tertiary alicyclic amines) is 1. The Morgan fingerprint density at radius 2 is 1.97 bits per heavy atom. The monoisotopic (exact) mass is 443 g/mol. The normalized spacial score (nSPS) is 15.4. The van der Waals surface area contributed by atoms with Crippen molar-refractivity contribution in [3.05, 3.63) is 64.4 Å². The van der Waals surface area contributed by atoms with Crippen LogP contribution in [-0.2, 0) is 17.8 Å². The first-order valence-corrected chi connectivity index (χ1v) is 10.9. The fourth-order valence-electron chi connectivity index (χ4n) is 3.82. The maximum absolute atomic E-state index is 13.2. The lowest BCUT2D eigenvalue weighted by Gasteiger charge is -2.37. The first-order chi connectivity index (χ1) is 14.9. The van der Waals surface area contributed by atoms with Gasteiger partial charge in [0.15, 0.2) is 6.61 Å². The van der Waals surface area contributed by atoms with Crippen molar-refractivity contribution in [2.45, 2.75) is 32.7 Å². The second-order valence-corrected chi connectivity index (χ2v) is 8.33. The molecule has 1 N–H and O–H groups in total. The Labute approximate surface area is 187 Å². The highest BCUT2D eigenvalue weighted by atomic mass is 35.5. The molecule has 1 aliphatic rings. The number of rotatable bonds is 8. The van der Waals surface area contributed by atoms with Crippen LogP contribution >= 0.6 is 11.6 Å². The minimum atomic E-state index is -0.537. The number of nitriles is 1.